The highest BCUT2D eigenvalue weighted by molar-refractivity contribution is 7.09. The molecule has 0 saturated heterocycles. The highest BCUT2D eigenvalue weighted by Crippen LogP contribution is 2.22. The molecule has 2 heterocycles. The van der Waals surface area contributed by atoms with Gasteiger partial charge in [0.1, 0.15) is 0 Å². The molecular formula is C12H16N4S. The molecule has 1 unspecified atom stereocenters. The Kier molecular flexibility index (Phi) is 3.83. The maximum atomic E-state index is 5.65. The lowest BCUT2D eigenvalue weighted by atomic mass is 10.0. The molecule has 0 saturated carbocycles. The standard InChI is InChI=1S/C12H16N4S/c1-8-6-11(9(2)16-15-8)12(14-13)7-10-4-3-5-17-10/h3-6,12,14H,7,13H2,1-2H3. The molecule has 1 atom stereocenters. The highest BCUT2D eigenvalue weighted by Gasteiger charge is 2.15. The van der Waals surface area contributed by atoms with E-state index in [9.17, 15) is 0 Å². The molecule has 0 fully saturated rings. The van der Waals surface area contributed by atoms with E-state index in [1.165, 1.54) is 4.88 Å². The quantitative estimate of drug-likeness (QED) is 0.641. The molecule has 2 aromatic heterocycles. The van der Waals surface area contributed by atoms with Crippen molar-refractivity contribution in [3.05, 3.63) is 45.4 Å². The zero-order valence-electron chi connectivity index (χ0n) is 9.97. The predicted molar refractivity (Wildman–Crippen MR) is 69.6 cm³/mol. The highest BCUT2D eigenvalue weighted by atomic mass is 32.1. The Bertz CT molecular complexity index is 481. The molecule has 2 rings (SSSR count). The van der Waals surface area contributed by atoms with Gasteiger partial charge in [0.15, 0.2) is 0 Å². The van der Waals surface area contributed by atoms with Gasteiger partial charge in [0.05, 0.1) is 17.4 Å². The van der Waals surface area contributed by atoms with E-state index in [0.717, 1.165) is 23.4 Å². The number of nitrogens with zero attached hydrogens (tertiary/aromatic N) is 2. The first-order chi connectivity index (χ1) is 8.20. The molecule has 90 valence electrons. The van der Waals surface area contributed by atoms with Gasteiger partial charge in [-0.15, -0.1) is 11.3 Å². The Hall–Kier alpha value is -1.30. The van der Waals surface area contributed by atoms with Crippen LogP contribution in [0.4, 0.5) is 0 Å². The van der Waals surface area contributed by atoms with Gasteiger partial charge in [0.25, 0.3) is 0 Å². The van der Waals surface area contributed by atoms with Gasteiger partial charge in [-0.05, 0) is 36.9 Å². The van der Waals surface area contributed by atoms with Crippen LogP contribution in [0.2, 0.25) is 0 Å². The second-order valence-corrected chi connectivity index (χ2v) is 5.06. The van der Waals surface area contributed by atoms with E-state index < -0.39 is 0 Å². The molecule has 17 heavy (non-hydrogen) atoms. The average Bonchev–Trinajstić information content (AvgIpc) is 2.82. The van der Waals surface area contributed by atoms with Gasteiger partial charge in [0, 0.05) is 11.3 Å². The van der Waals surface area contributed by atoms with E-state index in [0.29, 0.717) is 0 Å². The average molecular weight is 248 g/mol. The fourth-order valence-corrected chi connectivity index (χ4v) is 2.56. The number of thiophene rings is 1. The number of hydrogen-bond acceptors (Lipinski definition) is 5. The monoisotopic (exact) mass is 248 g/mol. The van der Waals surface area contributed by atoms with Gasteiger partial charge >= 0.3 is 0 Å². The molecule has 0 radical (unpaired) electrons. The van der Waals surface area contributed by atoms with Crippen LogP contribution in [0.25, 0.3) is 0 Å². The summed E-state index contributed by atoms with van der Waals surface area (Å²) in [4.78, 5) is 1.31. The summed E-state index contributed by atoms with van der Waals surface area (Å²) in [7, 11) is 0. The minimum Gasteiger partial charge on any atom is -0.271 e. The number of hydrogen-bond donors (Lipinski definition) is 2. The molecule has 0 spiro atoms. The van der Waals surface area contributed by atoms with Gasteiger partial charge in [0.2, 0.25) is 0 Å². The number of aromatic nitrogens is 2. The van der Waals surface area contributed by atoms with E-state index in [2.05, 4.69) is 33.1 Å². The van der Waals surface area contributed by atoms with Crippen molar-refractivity contribution in [2.24, 2.45) is 5.84 Å². The number of nitrogens with two attached hydrogens (primary N) is 1. The van der Waals surface area contributed by atoms with E-state index in [4.69, 9.17) is 5.84 Å². The summed E-state index contributed by atoms with van der Waals surface area (Å²) in [5.74, 6) is 5.65. The van der Waals surface area contributed by atoms with Crippen molar-refractivity contribution >= 4 is 11.3 Å². The Morgan fingerprint density at radius 3 is 2.88 bits per heavy atom. The van der Waals surface area contributed by atoms with Crippen molar-refractivity contribution in [3.8, 4) is 0 Å². The van der Waals surface area contributed by atoms with Crippen molar-refractivity contribution < 1.29 is 0 Å². The maximum absolute atomic E-state index is 5.65. The Labute approximate surface area is 105 Å². The molecule has 2 aromatic rings. The molecule has 0 aliphatic carbocycles. The van der Waals surface area contributed by atoms with Crippen molar-refractivity contribution in [1.82, 2.24) is 15.6 Å². The molecule has 5 heteroatoms. The van der Waals surface area contributed by atoms with E-state index in [1.54, 1.807) is 11.3 Å². The fraction of sp³-hybridized carbons (Fsp3) is 0.333. The van der Waals surface area contributed by atoms with Gasteiger partial charge in [-0.2, -0.15) is 10.2 Å². The van der Waals surface area contributed by atoms with Crippen LogP contribution in [-0.2, 0) is 6.42 Å². The van der Waals surface area contributed by atoms with Gasteiger partial charge in [-0.1, -0.05) is 6.07 Å². The summed E-state index contributed by atoms with van der Waals surface area (Å²) in [6.07, 6.45) is 0.875. The van der Waals surface area contributed by atoms with Crippen LogP contribution in [0, 0.1) is 13.8 Å². The topological polar surface area (TPSA) is 63.8 Å². The molecule has 0 aliphatic rings. The van der Waals surface area contributed by atoms with Crippen LogP contribution in [0.5, 0.6) is 0 Å². The smallest absolute Gasteiger partial charge is 0.0648 e. The minimum absolute atomic E-state index is 0.0860. The summed E-state index contributed by atoms with van der Waals surface area (Å²) in [5.41, 5.74) is 5.82. The molecule has 0 amide bonds. The van der Waals surface area contributed by atoms with Crippen LogP contribution in [0.3, 0.4) is 0 Å². The minimum atomic E-state index is 0.0860. The fourth-order valence-electron chi connectivity index (χ4n) is 1.81. The van der Waals surface area contributed by atoms with Crippen molar-refractivity contribution in [2.45, 2.75) is 26.3 Å². The lowest BCUT2D eigenvalue weighted by molar-refractivity contribution is 0.547. The van der Waals surface area contributed by atoms with Gasteiger partial charge < -0.3 is 0 Å². The lowest BCUT2D eigenvalue weighted by Crippen LogP contribution is -2.30. The Balaban J connectivity index is 2.25. The molecule has 0 aromatic carbocycles. The molecule has 0 aliphatic heterocycles. The first-order valence-electron chi connectivity index (χ1n) is 5.50. The molecule has 4 nitrogen and oxygen atoms in total. The van der Waals surface area contributed by atoms with Crippen LogP contribution < -0.4 is 11.3 Å². The van der Waals surface area contributed by atoms with E-state index in [-0.39, 0.29) is 6.04 Å². The molecule has 3 N–H and O–H groups in total. The van der Waals surface area contributed by atoms with Gasteiger partial charge in [-0.3, -0.25) is 11.3 Å². The summed E-state index contributed by atoms with van der Waals surface area (Å²) >= 11 is 1.74. The van der Waals surface area contributed by atoms with Crippen LogP contribution in [0.15, 0.2) is 23.6 Å². The van der Waals surface area contributed by atoms with Crippen molar-refractivity contribution in [3.63, 3.8) is 0 Å². The van der Waals surface area contributed by atoms with Crippen LogP contribution in [-0.4, -0.2) is 10.2 Å². The summed E-state index contributed by atoms with van der Waals surface area (Å²) in [6.45, 7) is 3.90. The SMILES string of the molecule is Cc1cc(C(Cc2cccs2)NN)c(C)nn1. The third kappa shape index (κ3) is 2.88. The summed E-state index contributed by atoms with van der Waals surface area (Å²) in [5, 5.41) is 10.2. The predicted octanol–water partition coefficient (Wildman–Crippen LogP) is 1.90. The zero-order chi connectivity index (χ0) is 12.3. The number of hydrazine groups is 1. The first kappa shape index (κ1) is 12.2. The maximum Gasteiger partial charge on any atom is 0.0648 e. The molecule has 0 bridgehead atoms. The molecular weight excluding hydrogens is 232 g/mol. The van der Waals surface area contributed by atoms with Crippen molar-refractivity contribution in [2.75, 3.05) is 0 Å². The van der Waals surface area contributed by atoms with E-state index >= 15 is 0 Å². The van der Waals surface area contributed by atoms with Gasteiger partial charge in [-0.25, -0.2) is 0 Å². The number of aryl methyl sites for hydroxylation is 2. The second-order valence-electron chi connectivity index (χ2n) is 4.03. The Morgan fingerprint density at radius 2 is 2.24 bits per heavy atom. The second kappa shape index (κ2) is 5.35. The number of rotatable bonds is 4. The largest absolute Gasteiger partial charge is 0.271 e. The third-order valence-corrected chi connectivity index (χ3v) is 3.60. The zero-order valence-corrected chi connectivity index (χ0v) is 10.8. The van der Waals surface area contributed by atoms with Crippen LogP contribution in [0.1, 0.15) is 27.9 Å². The van der Waals surface area contributed by atoms with E-state index in [1.807, 2.05) is 19.9 Å². The van der Waals surface area contributed by atoms with Crippen molar-refractivity contribution in [1.29, 1.82) is 0 Å². The first-order valence-corrected chi connectivity index (χ1v) is 6.38. The third-order valence-electron chi connectivity index (χ3n) is 2.70. The summed E-state index contributed by atoms with van der Waals surface area (Å²) in [6, 6.07) is 6.30. The van der Waals surface area contributed by atoms with Crippen LogP contribution >= 0.6 is 11.3 Å². The number of nitrogens with one attached hydrogen (secondary N) is 1. The summed E-state index contributed by atoms with van der Waals surface area (Å²) < 4.78 is 0. The Morgan fingerprint density at radius 1 is 1.41 bits per heavy atom. The lowest BCUT2D eigenvalue weighted by Gasteiger charge is -2.17. The normalized spacial score (nSPS) is 12.6.